The van der Waals surface area contributed by atoms with Crippen molar-refractivity contribution < 1.29 is 33.0 Å². The van der Waals surface area contributed by atoms with Crippen LogP contribution in [0, 0.1) is 34.5 Å². The number of thiol groups is 1. The van der Waals surface area contributed by atoms with E-state index in [9.17, 15) is 19.5 Å². The van der Waals surface area contributed by atoms with E-state index < -0.39 is 45.7 Å². The zero-order valence-corrected chi connectivity index (χ0v) is 20.3. The van der Waals surface area contributed by atoms with Crippen LogP contribution < -0.4 is 0 Å². The van der Waals surface area contributed by atoms with Crippen LogP contribution in [0.15, 0.2) is 46.6 Å². The lowest BCUT2D eigenvalue weighted by Crippen LogP contribution is -2.63. The highest BCUT2D eigenvalue weighted by Gasteiger charge is 2.73. The molecule has 5 unspecified atom stereocenters. The number of carbonyl (C=O) groups is 3. The Hall–Kier alpha value is -2.19. The van der Waals surface area contributed by atoms with Gasteiger partial charge in [0.25, 0.3) is 0 Å². The molecular weight excluding hydrogens is 459 g/mol. The Balaban J connectivity index is 1.58. The van der Waals surface area contributed by atoms with Crippen LogP contribution in [0.25, 0.3) is 0 Å². The van der Waals surface area contributed by atoms with Gasteiger partial charge in [-0.2, -0.15) is 0 Å². The number of furan rings is 1. The molecule has 182 valence electrons. The van der Waals surface area contributed by atoms with Crippen molar-refractivity contribution in [2.45, 2.75) is 57.9 Å². The quantitative estimate of drug-likeness (QED) is 0.491. The number of ether oxygens (including phenoxy) is 1. The molecule has 3 saturated carbocycles. The van der Waals surface area contributed by atoms with Gasteiger partial charge in [0.2, 0.25) is 10.9 Å². The second-order valence-electron chi connectivity index (χ2n) is 10.9. The second kappa shape index (κ2) is 7.65. The molecule has 0 aliphatic heterocycles. The van der Waals surface area contributed by atoms with Gasteiger partial charge in [-0.3, -0.25) is 9.59 Å². The summed E-state index contributed by atoms with van der Waals surface area (Å²) in [5.74, 6) is -2.24. The summed E-state index contributed by atoms with van der Waals surface area (Å²) in [6.07, 6.45) is 4.50. The molecule has 9 atom stereocenters. The van der Waals surface area contributed by atoms with Crippen LogP contribution in [0.4, 0.5) is 4.39 Å². The number of rotatable bonds is 3. The first-order valence-electron chi connectivity index (χ1n) is 11.7. The number of fused-ring (bicyclic) bond motifs is 5. The molecule has 1 aromatic heterocycles. The van der Waals surface area contributed by atoms with Crippen LogP contribution in [0.1, 0.15) is 50.6 Å². The number of hydrogen-bond acceptors (Lipinski definition) is 6. The van der Waals surface area contributed by atoms with Gasteiger partial charge in [0.1, 0.15) is 6.17 Å². The lowest BCUT2D eigenvalue weighted by Gasteiger charge is -2.60. The third kappa shape index (κ3) is 2.94. The van der Waals surface area contributed by atoms with Crippen LogP contribution in [0.2, 0.25) is 0 Å². The molecule has 4 aliphatic rings. The lowest BCUT2D eigenvalue weighted by atomic mass is 9.46. The van der Waals surface area contributed by atoms with E-state index in [-0.39, 0.29) is 42.1 Å². The minimum Gasteiger partial charge on any atom is -0.457 e. The maximum atomic E-state index is 15.5. The molecule has 3 fully saturated rings. The molecule has 0 spiro atoms. The molecule has 6 nitrogen and oxygen atoms in total. The first kappa shape index (κ1) is 23.5. The Labute approximate surface area is 203 Å². The molecule has 5 rings (SSSR count). The van der Waals surface area contributed by atoms with E-state index in [1.54, 1.807) is 12.1 Å². The Bertz CT molecular complexity index is 1110. The van der Waals surface area contributed by atoms with E-state index in [0.29, 0.717) is 12.0 Å². The molecule has 0 saturated heterocycles. The van der Waals surface area contributed by atoms with E-state index in [1.165, 1.54) is 24.5 Å². The maximum absolute atomic E-state index is 15.5. The SMILES string of the molecule is C[C@@H]1CC2C3C[C@H](F)C4=CC(=O)C=C[C@]4(C)C3C(O)CC2(C)[C@@]1(OC(=O)c1ccco1)C(=O)S. The van der Waals surface area contributed by atoms with Gasteiger partial charge in [-0.15, -0.1) is 12.6 Å². The molecule has 4 aliphatic carbocycles. The summed E-state index contributed by atoms with van der Waals surface area (Å²) in [6.45, 7) is 5.57. The summed E-state index contributed by atoms with van der Waals surface area (Å²) >= 11 is 4.19. The number of halogens is 1. The van der Waals surface area contributed by atoms with Crippen molar-refractivity contribution in [1.29, 1.82) is 0 Å². The van der Waals surface area contributed by atoms with Crippen molar-refractivity contribution >= 4 is 29.5 Å². The predicted molar refractivity (Wildman–Crippen MR) is 124 cm³/mol. The standard InChI is InChI=1S/C26H29FO6S/c1-13-9-16-15-11-18(27)17-10-14(28)6-7-24(17,2)21(15)19(29)12-25(16,3)26(13,23(31)34)33-22(30)20-5-4-8-32-20/h4-8,10,13,15-16,18-19,21,29H,9,11-12H2,1-3H3,(H,31,34)/t13-,15?,16?,18+,19?,21?,24+,25?,26+/m1/s1. The molecule has 0 radical (unpaired) electrons. The number of aliphatic hydroxyl groups is 1. The zero-order valence-electron chi connectivity index (χ0n) is 19.4. The Morgan fingerprint density at radius 3 is 2.68 bits per heavy atom. The fraction of sp³-hybridized carbons (Fsp3) is 0.577. The number of ketones is 1. The molecule has 0 aromatic carbocycles. The van der Waals surface area contributed by atoms with Crippen LogP contribution in [-0.2, 0) is 14.3 Å². The van der Waals surface area contributed by atoms with Gasteiger partial charge in [-0.1, -0.05) is 26.8 Å². The maximum Gasteiger partial charge on any atom is 0.375 e. The first-order valence-corrected chi connectivity index (χ1v) is 12.2. The highest BCUT2D eigenvalue weighted by molar-refractivity contribution is 7.96. The van der Waals surface area contributed by atoms with E-state index >= 15 is 4.39 Å². The molecule has 0 amide bonds. The summed E-state index contributed by atoms with van der Waals surface area (Å²) in [5.41, 5.74) is -2.95. The monoisotopic (exact) mass is 488 g/mol. The van der Waals surface area contributed by atoms with Crippen molar-refractivity contribution in [3.63, 3.8) is 0 Å². The molecule has 8 heteroatoms. The molecule has 34 heavy (non-hydrogen) atoms. The van der Waals surface area contributed by atoms with Gasteiger partial charge < -0.3 is 14.3 Å². The van der Waals surface area contributed by atoms with Gasteiger partial charge in [0, 0.05) is 22.7 Å². The summed E-state index contributed by atoms with van der Waals surface area (Å²) in [5, 5.41) is 10.9. The van der Waals surface area contributed by atoms with Crippen LogP contribution in [-0.4, -0.2) is 39.9 Å². The normalized spacial score (nSPS) is 45.1. The number of carbonyl (C=O) groups excluding carboxylic acids is 3. The molecule has 0 bridgehead atoms. The number of allylic oxidation sites excluding steroid dienone is 4. The minimum absolute atomic E-state index is 0.0248. The summed E-state index contributed by atoms with van der Waals surface area (Å²) in [4.78, 5) is 38.1. The summed E-state index contributed by atoms with van der Waals surface area (Å²) in [6, 6.07) is 3.02. The lowest BCUT2D eigenvalue weighted by molar-refractivity contribution is -0.179. The molecule has 1 heterocycles. The number of esters is 1. The van der Waals surface area contributed by atoms with Gasteiger partial charge in [-0.05, 0) is 61.0 Å². The third-order valence-electron chi connectivity index (χ3n) is 9.31. The Kier molecular flexibility index (Phi) is 5.30. The van der Waals surface area contributed by atoms with Crippen molar-refractivity contribution in [2.24, 2.45) is 34.5 Å². The van der Waals surface area contributed by atoms with Crippen molar-refractivity contribution in [3.8, 4) is 0 Å². The van der Waals surface area contributed by atoms with E-state index in [1.807, 2.05) is 20.8 Å². The number of alkyl halides is 1. The minimum atomic E-state index is -1.60. The van der Waals surface area contributed by atoms with Gasteiger partial charge in [0.15, 0.2) is 11.4 Å². The van der Waals surface area contributed by atoms with Gasteiger partial charge in [-0.25, -0.2) is 9.18 Å². The number of hydrogen-bond donors (Lipinski definition) is 2. The molecular formula is C26H29FO6S. The van der Waals surface area contributed by atoms with Gasteiger partial charge in [0.05, 0.1) is 12.4 Å². The van der Waals surface area contributed by atoms with Crippen molar-refractivity contribution in [2.75, 3.05) is 0 Å². The summed E-state index contributed by atoms with van der Waals surface area (Å²) in [7, 11) is 0. The van der Waals surface area contributed by atoms with Gasteiger partial charge >= 0.3 is 5.97 Å². The third-order valence-corrected chi connectivity index (χ3v) is 9.64. The average Bonchev–Trinajstić information content (AvgIpc) is 3.36. The second-order valence-corrected chi connectivity index (χ2v) is 11.3. The largest absolute Gasteiger partial charge is 0.457 e. The van der Waals surface area contributed by atoms with Crippen LogP contribution in [0.5, 0.6) is 0 Å². The zero-order chi connectivity index (χ0) is 24.6. The van der Waals surface area contributed by atoms with Crippen LogP contribution >= 0.6 is 12.6 Å². The van der Waals surface area contributed by atoms with Crippen molar-refractivity contribution in [3.05, 3.63) is 48.0 Å². The topological polar surface area (TPSA) is 93.8 Å². The van der Waals surface area contributed by atoms with E-state index in [2.05, 4.69) is 12.6 Å². The molecule has 1 aromatic rings. The fourth-order valence-electron chi connectivity index (χ4n) is 7.96. The smallest absolute Gasteiger partial charge is 0.375 e. The molecule has 1 N–H and O–H groups in total. The Morgan fingerprint density at radius 2 is 2.03 bits per heavy atom. The highest BCUT2D eigenvalue weighted by atomic mass is 32.1. The van der Waals surface area contributed by atoms with Crippen LogP contribution in [0.3, 0.4) is 0 Å². The Morgan fingerprint density at radius 1 is 1.29 bits per heavy atom. The first-order chi connectivity index (χ1) is 16.0. The fourth-order valence-corrected chi connectivity index (χ4v) is 8.48. The van der Waals surface area contributed by atoms with Crippen molar-refractivity contribution in [1.82, 2.24) is 0 Å². The highest BCUT2D eigenvalue weighted by Crippen LogP contribution is 2.69. The average molecular weight is 489 g/mol. The van der Waals surface area contributed by atoms with E-state index in [4.69, 9.17) is 9.15 Å². The predicted octanol–water partition coefficient (Wildman–Crippen LogP) is 4.10. The number of aliphatic hydroxyl groups excluding tert-OH is 1. The summed E-state index contributed by atoms with van der Waals surface area (Å²) < 4.78 is 26.7. The van der Waals surface area contributed by atoms with E-state index in [0.717, 1.165) is 0 Å².